The zero-order chi connectivity index (χ0) is 11.6. The van der Waals surface area contributed by atoms with Crippen LogP contribution < -0.4 is 0 Å². The quantitative estimate of drug-likeness (QED) is 0.624. The molecule has 0 spiro atoms. The molecular formula is C8H8ClN3O2S2. The summed E-state index contributed by atoms with van der Waals surface area (Å²) in [6.07, 6.45) is 3.39. The van der Waals surface area contributed by atoms with Gasteiger partial charge in [-0.1, -0.05) is 0 Å². The first-order valence-electron chi connectivity index (χ1n) is 4.40. The molecule has 0 unspecified atom stereocenters. The van der Waals surface area contributed by atoms with Crippen LogP contribution in [0.3, 0.4) is 0 Å². The van der Waals surface area contributed by atoms with Gasteiger partial charge in [-0.15, -0.1) is 11.8 Å². The van der Waals surface area contributed by atoms with Gasteiger partial charge in [0.2, 0.25) is 9.05 Å². The maximum Gasteiger partial charge on any atom is 0.233 e. The fourth-order valence-electron chi connectivity index (χ4n) is 1.12. The lowest BCUT2D eigenvalue weighted by atomic mass is 10.6. The molecular weight excluding hydrogens is 270 g/mol. The SMILES string of the molecule is O=S(=O)(Cl)CCSc1ccc2nccn2n1. The van der Waals surface area contributed by atoms with Crippen LogP contribution in [0.1, 0.15) is 0 Å². The highest BCUT2D eigenvalue weighted by atomic mass is 35.7. The molecule has 0 aliphatic rings. The van der Waals surface area contributed by atoms with E-state index in [1.54, 1.807) is 23.0 Å². The van der Waals surface area contributed by atoms with Crippen LogP contribution in [0.25, 0.3) is 5.65 Å². The maximum atomic E-state index is 10.7. The van der Waals surface area contributed by atoms with Crippen molar-refractivity contribution < 1.29 is 8.42 Å². The van der Waals surface area contributed by atoms with Crippen molar-refractivity contribution in [1.82, 2.24) is 14.6 Å². The van der Waals surface area contributed by atoms with E-state index in [0.29, 0.717) is 5.75 Å². The monoisotopic (exact) mass is 277 g/mol. The number of thioether (sulfide) groups is 1. The number of aromatic nitrogens is 3. The van der Waals surface area contributed by atoms with Crippen molar-refractivity contribution in [2.75, 3.05) is 11.5 Å². The first kappa shape index (κ1) is 11.7. The molecule has 86 valence electrons. The van der Waals surface area contributed by atoms with Crippen LogP contribution in [0, 0.1) is 0 Å². The van der Waals surface area contributed by atoms with E-state index in [4.69, 9.17) is 10.7 Å². The van der Waals surface area contributed by atoms with Gasteiger partial charge in [-0.05, 0) is 12.1 Å². The predicted octanol–water partition coefficient (Wildman–Crippen LogP) is 1.39. The second-order valence-corrected chi connectivity index (χ2v) is 7.00. The van der Waals surface area contributed by atoms with Gasteiger partial charge in [0.25, 0.3) is 0 Å². The Morgan fingerprint density at radius 2 is 2.25 bits per heavy atom. The Kier molecular flexibility index (Phi) is 3.36. The van der Waals surface area contributed by atoms with Crippen molar-refractivity contribution in [1.29, 1.82) is 0 Å². The highest BCUT2D eigenvalue weighted by molar-refractivity contribution is 8.14. The molecule has 0 amide bonds. The van der Waals surface area contributed by atoms with Gasteiger partial charge in [-0.25, -0.2) is 17.9 Å². The number of hydrogen-bond donors (Lipinski definition) is 0. The first-order chi connectivity index (χ1) is 7.54. The van der Waals surface area contributed by atoms with Crippen molar-refractivity contribution in [3.05, 3.63) is 24.5 Å². The lowest BCUT2D eigenvalue weighted by Crippen LogP contribution is -2.00. The minimum atomic E-state index is -3.42. The molecule has 0 saturated heterocycles. The minimum Gasteiger partial charge on any atom is -0.236 e. The van der Waals surface area contributed by atoms with Gasteiger partial charge in [-0.2, -0.15) is 5.10 Å². The molecule has 2 heterocycles. The van der Waals surface area contributed by atoms with Crippen molar-refractivity contribution in [2.24, 2.45) is 0 Å². The average Bonchev–Trinajstić information content (AvgIpc) is 2.62. The molecule has 0 bridgehead atoms. The van der Waals surface area contributed by atoms with E-state index in [9.17, 15) is 8.42 Å². The van der Waals surface area contributed by atoms with E-state index in [2.05, 4.69) is 10.1 Å². The predicted molar refractivity (Wildman–Crippen MR) is 63.4 cm³/mol. The molecule has 8 heteroatoms. The molecule has 0 N–H and O–H groups in total. The Bertz CT molecular complexity index is 596. The molecule has 0 fully saturated rings. The largest absolute Gasteiger partial charge is 0.236 e. The summed E-state index contributed by atoms with van der Waals surface area (Å²) >= 11 is 1.34. The van der Waals surface area contributed by atoms with E-state index >= 15 is 0 Å². The molecule has 0 radical (unpaired) electrons. The molecule has 0 aromatic carbocycles. The van der Waals surface area contributed by atoms with Gasteiger partial charge in [0.15, 0.2) is 5.65 Å². The van der Waals surface area contributed by atoms with E-state index < -0.39 is 9.05 Å². The van der Waals surface area contributed by atoms with Gasteiger partial charge in [0.05, 0.1) is 5.75 Å². The summed E-state index contributed by atoms with van der Waals surface area (Å²) in [7, 11) is 1.68. The van der Waals surface area contributed by atoms with Crippen LogP contribution >= 0.6 is 22.4 Å². The highest BCUT2D eigenvalue weighted by Gasteiger charge is 2.06. The standard InChI is InChI=1S/C8H8ClN3O2S2/c9-16(13,14)6-5-15-8-2-1-7-10-3-4-12(7)11-8/h1-4H,5-6H2. The van der Waals surface area contributed by atoms with Crippen LogP contribution in [-0.2, 0) is 9.05 Å². The fourth-order valence-corrected chi connectivity index (χ4v) is 3.34. The summed E-state index contributed by atoms with van der Waals surface area (Å²) in [6.45, 7) is 0. The Labute approximate surface area is 101 Å². The van der Waals surface area contributed by atoms with Gasteiger partial charge in [0, 0.05) is 28.8 Å². The second kappa shape index (κ2) is 4.60. The number of halogens is 1. The van der Waals surface area contributed by atoms with Crippen LogP contribution in [0.5, 0.6) is 0 Å². The van der Waals surface area contributed by atoms with Crippen molar-refractivity contribution in [3.63, 3.8) is 0 Å². The summed E-state index contributed by atoms with van der Waals surface area (Å²) in [5, 5.41) is 4.98. The first-order valence-corrected chi connectivity index (χ1v) is 7.86. The van der Waals surface area contributed by atoms with Crippen molar-refractivity contribution in [2.45, 2.75) is 5.03 Å². The molecule has 2 rings (SSSR count). The van der Waals surface area contributed by atoms with Crippen LogP contribution in [0.2, 0.25) is 0 Å². The fraction of sp³-hybridized carbons (Fsp3) is 0.250. The van der Waals surface area contributed by atoms with Gasteiger partial charge < -0.3 is 0 Å². The van der Waals surface area contributed by atoms with Gasteiger partial charge >= 0.3 is 0 Å². The van der Waals surface area contributed by atoms with E-state index in [-0.39, 0.29) is 5.75 Å². The summed E-state index contributed by atoms with van der Waals surface area (Å²) in [4.78, 5) is 4.05. The summed E-state index contributed by atoms with van der Waals surface area (Å²) in [5.74, 6) is 0.321. The van der Waals surface area contributed by atoms with Crippen molar-refractivity contribution >= 4 is 37.1 Å². The topological polar surface area (TPSA) is 64.3 Å². The number of fused-ring (bicyclic) bond motifs is 1. The van der Waals surface area contributed by atoms with Gasteiger partial charge in [-0.3, -0.25) is 0 Å². The molecule has 2 aromatic heterocycles. The molecule has 16 heavy (non-hydrogen) atoms. The van der Waals surface area contributed by atoms with Crippen LogP contribution in [0.15, 0.2) is 29.6 Å². The normalized spacial score (nSPS) is 12.1. The zero-order valence-electron chi connectivity index (χ0n) is 8.08. The van der Waals surface area contributed by atoms with E-state index in [1.165, 1.54) is 11.8 Å². The van der Waals surface area contributed by atoms with Crippen LogP contribution in [0.4, 0.5) is 0 Å². The lowest BCUT2D eigenvalue weighted by Gasteiger charge is -1.99. The molecule has 0 aliphatic carbocycles. The smallest absolute Gasteiger partial charge is 0.233 e. The third-order valence-electron chi connectivity index (χ3n) is 1.81. The summed E-state index contributed by atoms with van der Waals surface area (Å²) in [5.41, 5.74) is 0.759. The maximum absolute atomic E-state index is 10.7. The number of imidazole rings is 1. The minimum absolute atomic E-state index is 0.0666. The highest BCUT2D eigenvalue weighted by Crippen LogP contribution is 2.16. The molecule has 2 aromatic rings. The number of nitrogens with zero attached hydrogens (tertiary/aromatic N) is 3. The number of hydrogen-bond acceptors (Lipinski definition) is 5. The third-order valence-corrected chi connectivity index (χ3v) is 4.14. The van der Waals surface area contributed by atoms with Gasteiger partial charge in [0.1, 0.15) is 5.03 Å². The van der Waals surface area contributed by atoms with E-state index in [0.717, 1.165) is 10.7 Å². The lowest BCUT2D eigenvalue weighted by molar-refractivity contribution is 0.611. The summed E-state index contributed by atoms with van der Waals surface area (Å²) < 4.78 is 23.1. The Balaban J connectivity index is 2.04. The molecule has 0 saturated carbocycles. The Morgan fingerprint density at radius 3 is 3.00 bits per heavy atom. The molecule has 5 nitrogen and oxygen atoms in total. The van der Waals surface area contributed by atoms with Crippen molar-refractivity contribution in [3.8, 4) is 0 Å². The zero-order valence-corrected chi connectivity index (χ0v) is 10.5. The Morgan fingerprint density at radius 1 is 1.44 bits per heavy atom. The molecule has 0 atom stereocenters. The Hall–Kier alpha value is -0.790. The van der Waals surface area contributed by atoms with E-state index in [1.807, 2.05) is 6.07 Å². The summed E-state index contributed by atoms with van der Waals surface area (Å²) in [6, 6.07) is 3.62. The van der Waals surface area contributed by atoms with Crippen LogP contribution in [-0.4, -0.2) is 34.5 Å². The molecule has 0 aliphatic heterocycles. The second-order valence-electron chi connectivity index (χ2n) is 2.99. The third kappa shape index (κ3) is 3.10. The average molecular weight is 278 g/mol. The number of rotatable bonds is 4.